The van der Waals surface area contributed by atoms with Crippen molar-refractivity contribution < 1.29 is 18.7 Å². The number of rotatable bonds is 7. The summed E-state index contributed by atoms with van der Waals surface area (Å²) in [7, 11) is 1.43. The van der Waals surface area contributed by atoms with Gasteiger partial charge in [0.1, 0.15) is 5.60 Å². The number of methoxy groups -OCH3 is 1. The van der Waals surface area contributed by atoms with E-state index in [0.717, 1.165) is 5.56 Å². The number of alkyl carbamates (subject to hydrolysis) is 1. The van der Waals surface area contributed by atoms with Gasteiger partial charge in [0, 0.05) is 19.6 Å². The summed E-state index contributed by atoms with van der Waals surface area (Å²) < 4.78 is 23.8. The van der Waals surface area contributed by atoms with Crippen LogP contribution in [0.5, 0.6) is 5.75 Å². The van der Waals surface area contributed by atoms with Crippen LogP contribution in [0.3, 0.4) is 0 Å². The van der Waals surface area contributed by atoms with Gasteiger partial charge in [0.15, 0.2) is 17.5 Å². The number of hydrogen-bond donors (Lipinski definition) is 3. The standard InChI is InChI=1S/C18H29FN4O3/c1-6-20-16(21-9-10-22-17(24)26-18(2,3)4)23-12-13-7-8-15(25-5)14(19)11-13/h7-8,11H,6,9-10,12H2,1-5H3,(H,22,24)(H2,20,21,23). The largest absolute Gasteiger partial charge is 0.494 e. The molecule has 1 amide bonds. The molecule has 1 aromatic carbocycles. The Morgan fingerprint density at radius 2 is 1.88 bits per heavy atom. The lowest BCUT2D eigenvalue weighted by Crippen LogP contribution is -2.42. The highest BCUT2D eigenvalue weighted by atomic mass is 19.1. The van der Waals surface area contributed by atoms with Crippen LogP contribution in [-0.2, 0) is 11.3 Å². The van der Waals surface area contributed by atoms with Gasteiger partial charge in [0.25, 0.3) is 0 Å². The van der Waals surface area contributed by atoms with Crippen LogP contribution in [0.4, 0.5) is 9.18 Å². The molecule has 8 heteroatoms. The highest BCUT2D eigenvalue weighted by molar-refractivity contribution is 5.79. The van der Waals surface area contributed by atoms with Crippen molar-refractivity contribution in [1.29, 1.82) is 0 Å². The van der Waals surface area contributed by atoms with Gasteiger partial charge in [0.05, 0.1) is 13.7 Å². The lowest BCUT2D eigenvalue weighted by molar-refractivity contribution is 0.0529. The molecule has 0 aromatic heterocycles. The van der Waals surface area contributed by atoms with E-state index in [-0.39, 0.29) is 5.75 Å². The summed E-state index contributed by atoms with van der Waals surface area (Å²) in [6.45, 7) is 9.23. The number of nitrogens with one attached hydrogen (secondary N) is 3. The predicted molar refractivity (Wildman–Crippen MR) is 100 cm³/mol. The number of aliphatic imine (C=N–C) groups is 1. The number of halogens is 1. The minimum atomic E-state index is -0.526. The molecule has 0 heterocycles. The lowest BCUT2D eigenvalue weighted by atomic mass is 10.2. The van der Waals surface area contributed by atoms with E-state index in [1.54, 1.807) is 12.1 Å². The minimum absolute atomic E-state index is 0.205. The van der Waals surface area contributed by atoms with E-state index in [9.17, 15) is 9.18 Å². The summed E-state index contributed by atoms with van der Waals surface area (Å²) in [5.74, 6) is 0.366. The van der Waals surface area contributed by atoms with Gasteiger partial charge in [-0.3, -0.25) is 0 Å². The first-order valence-electron chi connectivity index (χ1n) is 8.56. The summed E-state index contributed by atoms with van der Waals surface area (Å²) >= 11 is 0. The highest BCUT2D eigenvalue weighted by Crippen LogP contribution is 2.18. The van der Waals surface area contributed by atoms with Gasteiger partial charge >= 0.3 is 6.09 Å². The number of hydrogen-bond acceptors (Lipinski definition) is 4. The topological polar surface area (TPSA) is 84.0 Å². The number of ether oxygens (including phenoxy) is 2. The molecule has 26 heavy (non-hydrogen) atoms. The minimum Gasteiger partial charge on any atom is -0.494 e. The number of benzene rings is 1. The van der Waals surface area contributed by atoms with Crippen LogP contribution in [-0.4, -0.2) is 44.4 Å². The number of nitrogens with zero attached hydrogens (tertiary/aromatic N) is 1. The Balaban J connectivity index is 2.48. The quantitative estimate of drug-likeness (QED) is 0.391. The Hall–Kier alpha value is -2.51. The molecule has 146 valence electrons. The van der Waals surface area contributed by atoms with Crippen molar-refractivity contribution in [3.8, 4) is 5.75 Å². The third-order valence-corrected chi connectivity index (χ3v) is 3.07. The van der Waals surface area contributed by atoms with Gasteiger partial charge in [-0.05, 0) is 45.4 Å². The van der Waals surface area contributed by atoms with Gasteiger partial charge in [0.2, 0.25) is 0 Å². The first kappa shape index (κ1) is 21.5. The molecule has 7 nitrogen and oxygen atoms in total. The number of carbonyl (C=O) groups is 1. The van der Waals surface area contributed by atoms with Gasteiger partial charge in [-0.15, -0.1) is 0 Å². The summed E-state index contributed by atoms with van der Waals surface area (Å²) in [5.41, 5.74) is 0.203. The molecule has 0 radical (unpaired) electrons. The highest BCUT2D eigenvalue weighted by Gasteiger charge is 2.15. The normalized spacial score (nSPS) is 11.7. The molecule has 0 atom stereocenters. The average Bonchev–Trinajstić information content (AvgIpc) is 2.55. The molecule has 0 aliphatic carbocycles. The number of amides is 1. The summed E-state index contributed by atoms with van der Waals surface area (Å²) in [6.07, 6.45) is -0.463. The maximum Gasteiger partial charge on any atom is 0.407 e. The maximum absolute atomic E-state index is 13.7. The first-order valence-corrected chi connectivity index (χ1v) is 8.56. The molecule has 0 aliphatic rings. The van der Waals surface area contributed by atoms with Gasteiger partial charge < -0.3 is 25.4 Å². The zero-order valence-electron chi connectivity index (χ0n) is 16.1. The van der Waals surface area contributed by atoms with Crippen molar-refractivity contribution in [1.82, 2.24) is 16.0 Å². The average molecular weight is 368 g/mol. The fourth-order valence-corrected chi connectivity index (χ4v) is 1.98. The number of carbonyl (C=O) groups excluding carboxylic acids is 1. The molecular formula is C18H29FN4O3. The van der Waals surface area contributed by atoms with Crippen LogP contribution in [0, 0.1) is 5.82 Å². The Morgan fingerprint density at radius 1 is 1.19 bits per heavy atom. The second-order valence-corrected chi connectivity index (χ2v) is 6.52. The van der Waals surface area contributed by atoms with E-state index in [2.05, 4.69) is 20.9 Å². The van der Waals surface area contributed by atoms with E-state index >= 15 is 0 Å². The predicted octanol–water partition coefficient (Wildman–Crippen LogP) is 2.41. The van der Waals surface area contributed by atoms with Gasteiger partial charge in [-0.1, -0.05) is 6.07 Å². The van der Waals surface area contributed by atoms with Crippen LogP contribution in [0.2, 0.25) is 0 Å². The lowest BCUT2D eigenvalue weighted by Gasteiger charge is -2.19. The Kier molecular flexibility index (Phi) is 8.67. The number of guanidine groups is 1. The van der Waals surface area contributed by atoms with E-state index in [1.807, 2.05) is 27.7 Å². The second-order valence-electron chi connectivity index (χ2n) is 6.52. The van der Waals surface area contributed by atoms with Crippen LogP contribution in [0.25, 0.3) is 0 Å². The molecule has 0 fully saturated rings. The van der Waals surface area contributed by atoms with Crippen molar-refractivity contribution in [2.24, 2.45) is 4.99 Å². The molecule has 3 N–H and O–H groups in total. The molecule has 0 aliphatic heterocycles. The molecule has 0 bridgehead atoms. The van der Waals surface area contributed by atoms with Gasteiger partial charge in [-0.2, -0.15) is 0 Å². The van der Waals surface area contributed by atoms with Crippen molar-refractivity contribution in [3.63, 3.8) is 0 Å². The Morgan fingerprint density at radius 3 is 2.46 bits per heavy atom. The molecule has 0 saturated heterocycles. The van der Waals surface area contributed by atoms with E-state index in [4.69, 9.17) is 9.47 Å². The van der Waals surface area contributed by atoms with Crippen molar-refractivity contribution >= 4 is 12.1 Å². The zero-order valence-corrected chi connectivity index (χ0v) is 16.1. The molecule has 0 unspecified atom stereocenters. The molecule has 1 rings (SSSR count). The van der Waals surface area contributed by atoms with Crippen molar-refractivity contribution in [2.75, 3.05) is 26.7 Å². The first-order chi connectivity index (χ1) is 12.2. The van der Waals surface area contributed by atoms with Crippen molar-refractivity contribution in [2.45, 2.75) is 39.8 Å². The van der Waals surface area contributed by atoms with Crippen LogP contribution >= 0.6 is 0 Å². The fourth-order valence-electron chi connectivity index (χ4n) is 1.98. The van der Waals surface area contributed by atoms with Crippen LogP contribution < -0.4 is 20.7 Å². The summed E-state index contributed by atoms with van der Waals surface area (Å²) in [4.78, 5) is 16.0. The fraction of sp³-hybridized carbons (Fsp3) is 0.556. The zero-order chi connectivity index (χ0) is 19.6. The van der Waals surface area contributed by atoms with Crippen LogP contribution in [0.15, 0.2) is 23.2 Å². The van der Waals surface area contributed by atoms with Gasteiger partial charge in [-0.25, -0.2) is 14.2 Å². The maximum atomic E-state index is 13.7. The monoisotopic (exact) mass is 368 g/mol. The van der Waals surface area contributed by atoms with Crippen molar-refractivity contribution in [3.05, 3.63) is 29.6 Å². The Labute approximate surface area is 154 Å². The summed E-state index contributed by atoms with van der Waals surface area (Å²) in [5, 5.41) is 8.85. The molecule has 0 spiro atoms. The molecule has 0 saturated carbocycles. The van der Waals surface area contributed by atoms with E-state index in [0.29, 0.717) is 32.1 Å². The van der Waals surface area contributed by atoms with E-state index < -0.39 is 17.5 Å². The Bertz CT molecular complexity index is 615. The van der Waals surface area contributed by atoms with Crippen LogP contribution in [0.1, 0.15) is 33.3 Å². The third-order valence-electron chi connectivity index (χ3n) is 3.07. The summed E-state index contributed by atoms with van der Waals surface area (Å²) in [6, 6.07) is 4.74. The SMILES string of the molecule is CCNC(=NCc1ccc(OC)c(F)c1)NCCNC(=O)OC(C)(C)C. The molecule has 1 aromatic rings. The smallest absolute Gasteiger partial charge is 0.407 e. The molecular weight excluding hydrogens is 339 g/mol. The third kappa shape index (κ3) is 8.55. The second kappa shape index (κ2) is 10.5. The van der Waals surface area contributed by atoms with E-state index in [1.165, 1.54) is 13.2 Å².